The number of carbonyl (C=O) groups is 3. The molecule has 0 bridgehead atoms. The second-order valence-electron chi connectivity index (χ2n) is 5.08. The Morgan fingerprint density at radius 3 is 2.39 bits per heavy atom. The third-order valence-corrected chi connectivity index (χ3v) is 3.39. The van der Waals surface area contributed by atoms with E-state index in [-0.39, 0.29) is 11.5 Å². The number of rotatable bonds is 7. The zero-order valence-electron chi connectivity index (χ0n) is 12.7. The normalized spacial score (nSPS) is 13.0. The predicted octanol–water partition coefficient (Wildman–Crippen LogP) is 1.31. The van der Waals surface area contributed by atoms with E-state index in [1.807, 2.05) is 0 Å². The van der Waals surface area contributed by atoms with Crippen LogP contribution in [0, 0.1) is 17.6 Å². The van der Waals surface area contributed by atoms with Crippen LogP contribution in [-0.2, 0) is 9.59 Å². The zero-order chi connectivity index (χ0) is 17.6. The monoisotopic (exact) mass is 328 g/mol. The molecule has 126 valence electrons. The van der Waals surface area contributed by atoms with Crippen molar-refractivity contribution in [1.82, 2.24) is 10.6 Å². The van der Waals surface area contributed by atoms with Gasteiger partial charge in [0.05, 0.1) is 6.54 Å². The molecular weight excluding hydrogens is 310 g/mol. The number of aliphatic carboxylic acids is 1. The Kier molecular flexibility index (Phi) is 6.62. The molecule has 0 saturated heterocycles. The number of hydrogen-bond donors (Lipinski definition) is 3. The molecule has 0 aliphatic heterocycles. The van der Waals surface area contributed by atoms with Crippen LogP contribution in [0.3, 0.4) is 0 Å². The summed E-state index contributed by atoms with van der Waals surface area (Å²) in [5.74, 6) is -5.16. The van der Waals surface area contributed by atoms with Crippen LogP contribution in [0.25, 0.3) is 0 Å². The Morgan fingerprint density at radius 2 is 1.87 bits per heavy atom. The molecule has 0 aromatic heterocycles. The van der Waals surface area contributed by atoms with E-state index in [1.165, 1.54) is 0 Å². The fourth-order valence-electron chi connectivity index (χ4n) is 1.81. The van der Waals surface area contributed by atoms with Crippen LogP contribution in [-0.4, -0.2) is 35.5 Å². The molecule has 0 heterocycles. The largest absolute Gasteiger partial charge is 0.480 e. The summed E-state index contributed by atoms with van der Waals surface area (Å²) in [4.78, 5) is 34.5. The van der Waals surface area contributed by atoms with Gasteiger partial charge in [0.25, 0.3) is 5.91 Å². The van der Waals surface area contributed by atoms with Gasteiger partial charge >= 0.3 is 5.97 Å². The Labute approximate surface area is 131 Å². The maximum atomic E-state index is 13.0. The number of amides is 2. The van der Waals surface area contributed by atoms with Crippen molar-refractivity contribution >= 4 is 17.8 Å². The number of carbonyl (C=O) groups excluding carboxylic acids is 2. The van der Waals surface area contributed by atoms with Crippen molar-refractivity contribution in [2.75, 3.05) is 6.54 Å². The maximum Gasteiger partial charge on any atom is 0.326 e. The first-order valence-corrected chi connectivity index (χ1v) is 7.01. The van der Waals surface area contributed by atoms with Crippen LogP contribution in [0.4, 0.5) is 8.78 Å². The van der Waals surface area contributed by atoms with Crippen LogP contribution in [0.2, 0.25) is 0 Å². The van der Waals surface area contributed by atoms with Gasteiger partial charge in [-0.05, 0) is 24.1 Å². The highest BCUT2D eigenvalue weighted by Crippen LogP contribution is 2.09. The average Bonchev–Trinajstić information content (AvgIpc) is 2.51. The number of halogens is 2. The van der Waals surface area contributed by atoms with Gasteiger partial charge < -0.3 is 15.7 Å². The van der Waals surface area contributed by atoms with Gasteiger partial charge in [0, 0.05) is 5.56 Å². The molecule has 1 aromatic carbocycles. The molecular formula is C15H18F2N2O4. The van der Waals surface area contributed by atoms with Crippen molar-refractivity contribution in [2.45, 2.75) is 26.3 Å². The van der Waals surface area contributed by atoms with Crippen molar-refractivity contribution in [3.05, 3.63) is 35.4 Å². The molecule has 2 amide bonds. The third-order valence-electron chi connectivity index (χ3n) is 3.39. The third kappa shape index (κ3) is 5.32. The van der Waals surface area contributed by atoms with Crippen LogP contribution < -0.4 is 10.6 Å². The first kappa shape index (κ1) is 18.5. The number of nitrogens with one attached hydrogen (secondary N) is 2. The Bertz CT molecular complexity index is 607. The quantitative estimate of drug-likeness (QED) is 0.703. The van der Waals surface area contributed by atoms with Gasteiger partial charge in [0.2, 0.25) is 5.91 Å². The van der Waals surface area contributed by atoms with Crippen molar-refractivity contribution < 1.29 is 28.3 Å². The van der Waals surface area contributed by atoms with Crippen LogP contribution in [0.1, 0.15) is 30.6 Å². The van der Waals surface area contributed by atoms with Gasteiger partial charge in [-0.3, -0.25) is 9.59 Å². The molecule has 0 aliphatic rings. The molecule has 0 fully saturated rings. The molecule has 2 atom stereocenters. The van der Waals surface area contributed by atoms with Crippen molar-refractivity contribution in [3.63, 3.8) is 0 Å². The van der Waals surface area contributed by atoms with E-state index in [4.69, 9.17) is 5.11 Å². The standard InChI is InChI=1S/C15H18F2N2O4/c1-3-8(2)13(15(22)23)19-12(20)7-18-14(21)9-4-5-10(16)11(17)6-9/h4-6,8,13H,3,7H2,1-2H3,(H,18,21)(H,19,20)(H,22,23)/t8-,13-/m0/s1. The lowest BCUT2D eigenvalue weighted by Crippen LogP contribution is -2.48. The summed E-state index contributed by atoms with van der Waals surface area (Å²) in [6.07, 6.45) is 0.554. The summed E-state index contributed by atoms with van der Waals surface area (Å²) >= 11 is 0. The summed E-state index contributed by atoms with van der Waals surface area (Å²) in [5, 5.41) is 13.6. The molecule has 1 rings (SSSR count). The summed E-state index contributed by atoms with van der Waals surface area (Å²) < 4.78 is 25.8. The van der Waals surface area contributed by atoms with Crippen LogP contribution >= 0.6 is 0 Å². The molecule has 0 radical (unpaired) electrons. The smallest absolute Gasteiger partial charge is 0.326 e. The van der Waals surface area contributed by atoms with Gasteiger partial charge in [0.1, 0.15) is 6.04 Å². The molecule has 6 nitrogen and oxygen atoms in total. The topological polar surface area (TPSA) is 95.5 Å². The number of hydrogen-bond acceptors (Lipinski definition) is 3. The van der Waals surface area contributed by atoms with Gasteiger partial charge in [-0.15, -0.1) is 0 Å². The highest BCUT2D eigenvalue weighted by Gasteiger charge is 2.25. The molecule has 0 aliphatic carbocycles. The van der Waals surface area contributed by atoms with Crippen molar-refractivity contribution in [3.8, 4) is 0 Å². The van der Waals surface area contributed by atoms with E-state index < -0.39 is 42.0 Å². The predicted molar refractivity (Wildman–Crippen MR) is 77.7 cm³/mol. The zero-order valence-corrected chi connectivity index (χ0v) is 12.7. The van der Waals surface area contributed by atoms with Gasteiger partial charge in [-0.25, -0.2) is 13.6 Å². The fourth-order valence-corrected chi connectivity index (χ4v) is 1.81. The number of carboxylic acid groups (broad SMARTS) is 1. The summed E-state index contributed by atoms with van der Waals surface area (Å²) in [6.45, 7) is 2.99. The SMILES string of the molecule is CC[C@H](C)[C@H](NC(=O)CNC(=O)c1ccc(F)c(F)c1)C(=O)O. The van der Waals surface area contributed by atoms with E-state index in [1.54, 1.807) is 13.8 Å². The highest BCUT2D eigenvalue weighted by atomic mass is 19.2. The van der Waals surface area contributed by atoms with Crippen molar-refractivity contribution in [1.29, 1.82) is 0 Å². The lowest BCUT2D eigenvalue weighted by atomic mass is 9.99. The van der Waals surface area contributed by atoms with Crippen LogP contribution in [0.5, 0.6) is 0 Å². The second kappa shape index (κ2) is 8.21. The molecule has 23 heavy (non-hydrogen) atoms. The second-order valence-corrected chi connectivity index (χ2v) is 5.08. The molecule has 8 heteroatoms. The highest BCUT2D eigenvalue weighted by molar-refractivity contribution is 5.96. The number of carboxylic acids is 1. The van der Waals surface area contributed by atoms with Crippen LogP contribution in [0.15, 0.2) is 18.2 Å². The first-order chi connectivity index (χ1) is 10.8. The van der Waals surface area contributed by atoms with Gasteiger partial charge in [0.15, 0.2) is 11.6 Å². The molecule has 0 unspecified atom stereocenters. The Hall–Kier alpha value is -2.51. The van der Waals surface area contributed by atoms with E-state index in [0.29, 0.717) is 12.5 Å². The lowest BCUT2D eigenvalue weighted by molar-refractivity contribution is -0.143. The molecule has 0 spiro atoms. The minimum atomic E-state index is -1.18. The fraction of sp³-hybridized carbons (Fsp3) is 0.400. The average molecular weight is 328 g/mol. The molecule has 1 aromatic rings. The van der Waals surface area contributed by atoms with E-state index >= 15 is 0 Å². The Balaban J connectivity index is 2.59. The lowest BCUT2D eigenvalue weighted by Gasteiger charge is -2.20. The van der Waals surface area contributed by atoms with Gasteiger partial charge in [-0.2, -0.15) is 0 Å². The molecule has 0 saturated carbocycles. The van der Waals surface area contributed by atoms with E-state index in [2.05, 4.69) is 10.6 Å². The molecule has 3 N–H and O–H groups in total. The maximum absolute atomic E-state index is 13.0. The van der Waals surface area contributed by atoms with Crippen molar-refractivity contribution in [2.24, 2.45) is 5.92 Å². The minimum absolute atomic E-state index is 0.145. The Morgan fingerprint density at radius 1 is 1.22 bits per heavy atom. The minimum Gasteiger partial charge on any atom is -0.480 e. The summed E-state index contributed by atoms with van der Waals surface area (Å²) in [5.41, 5.74) is -0.145. The van der Waals surface area contributed by atoms with E-state index in [0.717, 1.165) is 12.1 Å². The van der Waals surface area contributed by atoms with E-state index in [9.17, 15) is 23.2 Å². The summed E-state index contributed by atoms with van der Waals surface area (Å²) in [7, 11) is 0. The van der Waals surface area contributed by atoms with Gasteiger partial charge in [-0.1, -0.05) is 20.3 Å². The summed E-state index contributed by atoms with van der Waals surface area (Å²) in [6, 6.07) is 1.52. The first-order valence-electron chi connectivity index (χ1n) is 7.01. The number of benzene rings is 1.